The SMILES string of the molecule is CCCNc1cccc(C(=O)Nc2ccc(F)cc2C)n1. The van der Waals surface area contributed by atoms with Gasteiger partial charge in [0.05, 0.1) is 0 Å². The molecule has 2 N–H and O–H groups in total. The Morgan fingerprint density at radius 3 is 2.81 bits per heavy atom. The molecule has 0 spiro atoms. The van der Waals surface area contributed by atoms with E-state index >= 15 is 0 Å². The summed E-state index contributed by atoms with van der Waals surface area (Å²) < 4.78 is 13.0. The number of pyridine rings is 1. The van der Waals surface area contributed by atoms with Gasteiger partial charge in [-0.2, -0.15) is 0 Å². The fraction of sp³-hybridized carbons (Fsp3) is 0.250. The van der Waals surface area contributed by atoms with E-state index in [0.717, 1.165) is 13.0 Å². The molecule has 0 atom stereocenters. The van der Waals surface area contributed by atoms with Gasteiger partial charge in [-0.1, -0.05) is 13.0 Å². The van der Waals surface area contributed by atoms with E-state index in [2.05, 4.69) is 22.5 Å². The van der Waals surface area contributed by atoms with Crippen LogP contribution < -0.4 is 10.6 Å². The Bertz CT molecular complexity index is 643. The van der Waals surface area contributed by atoms with E-state index in [1.807, 2.05) is 6.07 Å². The Kier molecular flexibility index (Phi) is 4.87. The molecule has 2 rings (SSSR count). The number of nitrogens with zero attached hydrogens (tertiary/aromatic N) is 1. The standard InChI is InChI=1S/C16H18FN3O/c1-3-9-18-15-6-4-5-14(19-15)16(21)20-13-8-7-12(17)10-11(13)2/h4-8,10H,3,9H2,1-2H3,(H,18,19)(H,20,21). The first kappa shape index (κ1) is 15.0. The number of nitrogens with one attached hydrogen (secondary N) is 2. The summed E-state index contributed by atoms with van der Waals surface area (Å²) in [6.45, 7) is 4.60. The maximum Gasteiger partial charge on any atom is 0.274 e. The predicted molar refractivity (Wildman–Crippen MR) is 82.1 cm³/mol. The number of aryl methyl sites for hydroxylation is 1. The molecule has 0 bridgehead atoms. The minimum Gasteiger partial charge on any atom is -0.370 e. The number of benzene rings is 1. The molecule has 0 radical (unpaired) electrons. The minimum atomic E-state index is -0.325. The van der Waals surface area contributed by atoms with Crippen molar-refractivity contribution in [2.24, 2.45) is 0 Å². The number of carbonyl (C=O) groups excluding carboxylic acids is 1. The van der Waals surface area contributed by atoms with Gasteiger partial charge < -0.3 is 10.6 Å². The summed E-state index contributed by atoms with van der Waals surface area (Å²) >= 11 is 0. The molecule has 0 aliphatic heterocycles. The highest BCUT2D eigenvalue weighted by atomic mass is 19.1. The number of aromatic nitrogens is 1. The lowest BCUT2D eigenvalue weighted by Gasteiger charge is -2.09. The second kappa shape index (κ2) is 6.83. The molecular weight excluding hydrogens is 269 g/mol. The molecule has 0 aliphatic carbocycles. The zero-order valence-electron chi connectivity index (χ0n) is 12.1. The zero-order chi connectivity index (χ0) is 15.2. The molecule has 5 heteroatoms. The summed E-state index contributed by atoms with van der Waals surface area (Å²) in [5, 5.41) is 5.87. The summed E-state index contributed by atoms with van der Waals surface area (Å²) in [6, 6.07) is 9.47. The van der Waals surface area contributed by atoms with E-state index < -0.39 is 0 Å². The molecular formula is C16H18FN3O. The lowest BCUT2D eigenvalue weighted by atomic mass is 10.2. The Balaban J connectivity index is 2.12. The Hall–Kier alpha value is -2.43. The highest BCUT2D eigenvalue weighted by molar-refractivity contribution is 6.03. The normalized spacial score (nSPS) is 10.2. The van der Waals surface area contributed by atoms with Crippen LogP contribution in [-0.4, -0.2) is 17.4 Å². The first-order chi connectivity index (χ1) is 10.1. The smallest absolute Gasteiger partial charge is 0.274 e. The van der Waals surface area contributed by atoms with Crippen molar-refractivity contribution in [1.29, 1.82) is 0 Å². The van der Waals surface area contributed by atoms with Crippen LogP contribution in [0.4, 0.5) is 15.9 Å². The molecule has 0 unspecified atom stereocenters. The monoisotopic (exact) mass is 287 g/mol. The average molecular weight is 287 g/mol. The van der Waals surface area contributed by atoms with Crippen LogP contribution in [0.5, 0.6) is 0 Å². The van der Waals surface area contributed by atoms with Crippen LogP contribution in [0.1, 0.15) is 29.4 Å². The molecule has 0 aliphatic rings. The molecule has 1 amide bonds. The van der Waals surface area contributed by atoms with Gasteiger partial charge in [0, 0.05) is 12.2 Å². The number of hydrogen-bond acceptors (Lipinski definition) is 3. The Labute approximate surface area is 123 Å². The molecule has 1 aromatic heterocycles. The quantitative estimate of drug-likeness (QED) is 0.883. The number of halogens is 1. The Morgan fingerprint density at radius 2 is 2.10 bits per heavy atom. The summed E-state index contributed by atoms with van der Waals surface area (Å²) in [6.07, 6.45) is 0.979. The third-order valence-corrected chi connectivity index (χ3v) is 2.97. The minimum absolute atomic E-state index is 0.315. The van der Waals surface area contributed by atoms with Crippen LogP contribution in [0.15, 0.2) is 36.4 Å². The predicted octanol–water partition coefficient (Wildman–Crippen LogP) is 3.60. The van der Waals surface area contributed by atoms with Crippen molar-refractivity contribution in [2.45, 2.75) is 20.3 Å². The van der Waals surface area contributed by atoms with Crippen molar-refractivity contribution in [3.05, 3.63) is 53.5 Å². The fourth-order valence-corrected chi connectivity index (χ4v) is 1.87. The molecule has 110 valence electrons. The van der Waals surface area contributed by atoms with E-state index in [1.165, 1.54) is 12.1 Å². The van der Waals surface area contributed by atoms with Crippen LogP contribution >= 0.6 is 0 Å². The lowest BCUT2D eigenvalue weighted by molar-refractivity contribution is 0.102. The number of carbonyl (C=O) groups is 1. The molecule has 0 saturated heterocycles. The van der Waals surface area contributed by atoms with Crippen molar-refractivity contribution < 1.29 is 9.18 Å². The van der Waals surface area contributed by atoms with Crippen molar-refractivity contribution in [1.82, 2.24) is 4.98 Å². The maximum absolute atomic E-state index is 13.0. The second-order valence-corrected chi connectivity index (χ2v) is 4.75. The van der Waals surface area contributed by atoms with Gasteiger partial charge in [-0.15, -0.1) is 0 Å². The highest BCUT2D eigenvalue weighted by Gasteiger charge is 2.10. The Morgan fingerprint density at radius 1 is 1.29 bits per heavy atom. The van der Waals surface area contributed by atoms with E-state index in [1.54, 1.807) is 25.1 Å². The van der Waals surface area contributed by atoms with Crippen molar-refractivity contribution in [3.63, 3.8) is 0 Å². The van der Waals surface area contributed by atoms with Crippen molar-refractivity contribution in [2.75, 3.05) is 17.2 Å². The van der Waals surface area contributed by atoms with Crippen LogP contribution in [0, 0.1) is 12.7 Å². The maximum atomic E-state index is 13.0. The number of amides is 1. The summed E-state index contributed by atoms with van der Waals surface area (Å²) in [5.41, 5.74) is 1.57. The fourth-order valence-electron chi connectivity index (χ4n) is 1.87. The van der Waals surface area contributed by atoms with Gasteiger partial charge in [-0.25, -0.2) is 9.37 Å². The van der Waals surface area contributed by atoms with E-state index in [-0.39, 0.29) is 11.7 Å². The average Bonchev–Trinajstić information content (AvgIpc) is 2.48. The van der Waals surface area contributed by atoms with Crippen molar-refractivity contribution in [3.8, 4) is 0 Å². The molecule has 0 fully saturated rings. The molecule has 1 heterocycles. The van der Waals surface area contributed by atoms with Crippen LogP contribution in [0.2, 0.25) is 0 Å². The summed E-state index contributed by atoms with van der Waals surface area (Å²) in [4.78, 5) is 16.4. The molecule has 21 heavy (non-hydrogen) atoms. The van der Waals surface area contributed by atoms with Gasteiger partial charge in [-0.3, -0.25) is 4.79 Å². The summed E-state index contributed by atoms with van der Waals surface area (Å²) in [7, 11) is 0. The van der Waals surface area contributed by atoms with Gasteiger partial charge >= 0.3 is 0 Å². The van der Waals surface area contributed by atoms with Crippen LogP contribution in [-0.2, 0) is 0 Å². The van der Waals surface area contributed by atoms with Crippen molar-refractivity contribution >= 4 is 17.4 Å². The molecule has 4 nitrogen and oxygen atoms in total. The van der Waals surface area contributed by atoms with Crippen LogP contribution in [0.3, 0.4) is 0 Å². The first-order valence-electron chi connectivity index (χ1n) is 6.88. The van der Waals surface area contributed by atoms with Gasteiger partial charge in [-0.05, 0) is 49.2 Å². The van der Waals surface area contributed by atoms with Gasteiger partial charge in [0.25, 0.3) is 5.91 Å². The largest absolute Gasteiger partial charge is 0.370 e. The van der Waals surface area contributed by atoms with Gasteiger partial charge in [0.2, 0.25) is 0 Å². The van der Waals surface area contributed by atoms with Crippen LogP contribution in [0.25, 0.3) is 0 Å². The second-order valence-electron chi connectivity index (χ2n) is 4.75. The number of anilines is 2. The molecule has 0 saturated carbocycles. The lowest BCUT2D eigenvalue weighted by Crippen LogP contribution is -2.15. The topological polar surface area (TPSA) is 54.0 Å². The third-order valence-electron chi connectivity index (χ3n) is 2.97. The van der Waals surface area contributed by atoms with Gasteiger partial charge in [0.1, 0.15) is 17.3 Å². The summed E-state index contributed by atoms with van der Waals surface area (Å²) in [5.74, 6) is 0.0274. The van der Waals surface area contributed by atoms with E-state index in [4.69, 9.17) is 0 Å². The van der Waals surface area contributed by atoms with Gasteiger partial charge in [0.15, 0.2) is 0 Å². The number of rotatable bonds is 5. The number of hydrogen-bond donors (Lipinski definition) is 2. The third kappa shape index (κ3) is 4.02. The zero-order valence-corrected chi connectivity index (χ0v) is 12.1. The highest BCUT2D eigenvalue weighted by Crippen LogP contribution is 2.16. The first-order valence-corrected chi connectivity index (χ1v) is 6.88. The molecule has 1 aromatic carbocycles. The van der Waals surface area contributed by atoms with E-state index in [9.17, 15) is 9.18 Å². The molecule has 2 aromatic rings. The van der Waals surface area contributed by atoms with E-state index in [0.29, 0.717) is 22.8 Å².